The Morgan fingerprint density at radius 3 is 2.73 bits per heavy atom. The Labute approximate surface area is 95.2 Å². The smallest absolute Gasteiger partial charge is 0.123 e. The van der Waals surface area contributed by atoms with Gasteiger partial charge in [0.2, 0.25) is 0 Å². The fourth-order valence-electron chi connectivity index (χ4n) is 0.994. The van der Waals surface area contributed by atoms with Crippen molar-refractivity contribution in [3.8, 4) is 11.5 Å². The summed E-state index contributed by atoms with van der Waals surface area (Å²) in [6.07, 6.45) is 0. The van der Waals surface area contributed by atoms with E-state index >= 15 is 0 Å². The molecule has 0 amide bonds. The Kier molecular flexibility index (Phi) is 4.37. The zero-order valence-corrected chi connectivity index (χ0v) is 9.71. The first-order valence-corrected chi connectivity index (χ1v) is 5.10. The van der Waals surface area contributed by atoms with Crippen LogP contribution in [0, 0.1) is 5.92 Å². The van der Waals surface area contributed by atoms with Crippen LogP contribution >= 0.6 is 12.2 Å². The standard InChI is InChI=1S/C11H15NO2S/c1-8(11(12)15)7-14-10-5-3-4-9(6-10)13-2/h3-6,8H,7H2,1-2H3,(H2,12,15). The third-order valence-corrected chi connectivity index (χ3v) is 2.43. The highest BCUT2D eigenvalue weighted by Crippen LogP contribution is 2.19. The minimum Gasteiger partial charge on any atom is -0.497 e. The first kappa shape index (κ1) is 11.8. The normalized spacial score (nSPS) is 11.9. The van der Waals surface area contributed by atoms with Crippen molar-refractivity contribution < 1.29 is 9.47 Å². The Hall–Kier alpha value is -1.29. The van der Waals surface area contributed by atoms with E-state index in [4.69, 9.17) is 27.4 Å². The van der Waals surface area contributed by atoms with Crippen molar-refractivity contribution in [1.82, 2.24) is 0 Å². The van der Waals surface area contributed by atoms with Gasteiger partial charge in [-0.05, 0) is 12.1 Å². The van der Waals surface area contributed by atoms with Gasteiger partial charge in [0, 0.05) is 12.0 Å². The maximum Gasteiger partial charge on any atom is 0.123 e. The van der Waals surface area contributed by atoms with E-state index in [2.05, 4.69) is 0 Å². The molecule has 1 unspecified atom stereocenters. The number of ether oxygens (including phenoxy) is 2. The lowest BCUT2D eigenvalue weighted by molar-refractivity contribution is 0.291. The molecule has 1 aromatic rings. The van der Waals surface area contributed by atoms with E-state index in [-0.39, 0.29) is 5.92 Å². The minimum absolute atomic E-state index is 0.0752. The van der Waals surface area contributed by atoms with E-state index in [1.165, 1.54) is 0 Å². The Morgan fingerprint density at radius 2 is 2.13 bits per heavy atom. The predicted octanol–water partition coefficient (Wildman–Crippen LogP) is 2.00. The first-order chi connectivity index (χ1) is 7.13. The van der Waals surface area contributed by atoms with Crippen LogP contribution in [0.3, 0.4) is 0 Å². The van der Waals surface area contributed by atoms with Gasteiger partial charge < -0.3 is 15.2 Å². The second kappa shape index (κ2) is 5.56. The van der Waals surface area contributed by atoms with Crippen LogP contribution in [0.1, 0.15) is 6.92 Å². The van der Waals surface area contributed by atoms with Gasteiger partial charge in [0.1, 0.15) is 11.5 Å². The van der Waals surface area contributed by atoms with E-state index < -0.39 is 0 Å². The summed E-state index contributed by atoms with van der Waals surface area (Å²) in [5.41, 5.74) is 5.48. The summed E-state index contributed by atoms with van der Waals surface area (Å²) < 4.78 is 10.6. The summed E-state index contributed by atoms with van der Waals surface area (Å²) in [6.45, 7) is 2.42. The highest BCUT2D eigenvalue weighted by Gasteiger charge is 2.06. The molecular weight excluding hydrogens is 210 g/mol. The van der Waals surface area contributed by atoms with Gasteiger partial charge in [-0.15, -0.1) is 0 Å². The molecule has 15 heavy (non-hydrogen) atoms. The molecule has 0 saturated carbocycles. The fourth-order valence-corrected chi connectivity index (χ4v) is 1.06. The topological polar surface area (TPSA) is 44.5 Å². The average molecular weight is 225 g/mol. The first-order valence-electron chi connectivity index (χ1n) is 4.69. The van der Waals surface area contributed by atoms with E-state index in [9.17, 15) is 0 Å². The highest BCUT2D eigenvalue weighted by molar-refractivity contribution is 7.80. The van der Waals surface area contributed by atoms with Crippen molar-refractivity contribution in [2.45, 2.75) is 6.92 Å². The fraction of sp³-hybridized carbons (Fsp3) is 0.364. The summed E-state index contributed by atoms with van der Waals surface area (Å²) in [6, 6.07) is 7.44. The molecule has 0 saturated heterocycles. The number of thiocarbonyl (C=S) groups is 1. The second-order valence-electron chi connectivity index (χ2n) is 3.29. The summed E-state index contributed by atoms with van der Waals surface area (Å²) in [5.74, 6) is 1.61. The quantitative estimate of drug-likeness (QED) is 0.778. The second-order valence-corrected chi connectivity index (χ2v) is 3.76. The van der Waals surface area contributed by atoms with E-state index in [0.29, 0.717) is 11.6 Å². The SMILES string of the molecule is COc1cccc(OCC(C)C(N)=S)c1. The van der Waals surface area contributed by atoms with E-state index in [1.807, 2.05) is 31.2 Å². The number of rotatable bonds is 5. The molecule has 0 aliphatic rings. The molecule has 1 aromatic carbocycles. The van der Waals surface area contributed by atoms with Crippen LogP contribution in [-0.2, 0) is 0 Å². The Morgan fingerprint density at radius 1 is 1.47 bits per heavy atom. The van der Waals surface area contributed by atoms with Crippen molar-refractivity contribution in [3.63, 3.8) is 0 Å². The average Bonchev–Trinajstić information content (AvgIpc) is 2.26. The maximum atomic E-state index is 5.52. The highest BCUT2D eigenvalue weighted by atomic mass is 32.1. The van der Waals surface area contributed by atoms with Crippen molar-refractivity contribution in [1.29, 1.82) is 0 Å². The molecule has 2 N–H and O–H groups in total. The van der Waals surface area contributed by atoms with Crippen LogP contribution in [0.15, 0.2) is 24.3 Å². The zero-order chi connectivity index (χ0) is 11.3. The molecule has 0 aliphatic heterocycles. The van der Waals surface area contributed by atoms with Crippen LogP contribution in [-0.4, -0.2) is 18.7 Å². The van der Waals surface area contributed by atoms with Gasteiger partial charge in [-0.3, -0.25) is 0 Å². The van der Waals surface area contributed by atoms with Crippen molar-refractivity contribution in [2.24, 2.45) is 11.7 Å². The molecule has 0 heterocycles. The van der Waals surface area contributed by atoms with Gasteiger partial charge in [0.05, 0.1) is 18.7 Å². The summed E-state index contributed by atoms with van der Waals surface area (Å²) >= 11 is 4.86. The molecule has 82 valence electrons. The molecule has 0 radical (unpaired) electrons. The van der Waals surface area contributed by atoms with Gasteiger partial charge in [-0.1, -0.05) is 25.2 Å². The molecule has 3 nitrogen and oxygen atoms in total. The molecule has 0 fully saturated rings. The maximum absolute atomic E-state index is 5.52. The van der Waals surface area contributed by atoms with Gasteiger partial charge in [-0.2, -0.15) is 0 Å². The lowest BCUT2D eigenvalue weighted by Gasteiger charge is -2.12. The lowest BCUT2D eigenvalue weighted by atomic mass is 10.2. The van der Waals surface area contributed by atoms with Crippen LogP contribution in [0.5, 0.6) is 11.5 Å². The third kappa shape index (κ3) is 3.75. The number of nitrogens with two attached hydrogens (primary N) is 1. The molecule has 4 heteroatoms. The zero-order valence-electron chi connectivity index (χ0n) is 8.90. The van der Waals surface area contributed by atoms with E-state index in [1.54, 1.807) is 7.11 Å². The molecule has 1 atom stereocenters. The predicted molar refractivity (Wildman–Crippen MR) is 64.4 cm³/mol. The molecule has 0 bridgehead atoms. The minimum atomic E-state index is 0.0752. The largest absolute Gasteiger partial charge is 0.497 e. The van der Waals surface area contributed by atoms with Gasteiger partial charge in [0.15, 0.2) is 0 Å². The monoisotopic (exact) mass is 225 g/mol. The van der Waals surface area contributed by atoms with Crippen molar-refractivity contribution >= 4 is 17.2 Å². The third-order valence-electron chi connectivity index (χ3n) is 2.03. The summed E-state index contributed by atoms with van der Waals surface area (Å²) in [5, 5.41) is 0. The van der Waals surface area contributed by atoms with Gasteiger partial charge >= 0.3 is 0 Å². The number of hydrogen-bond donors (Lipinski definition) is 1. The number of hydrogen-bond acceptors (Lipinski definition) is 3. The Balaban J connectivity index is 2.53. The van der Waals surface area contributed by atoms with Crippen molar-refractivity contribution in [2.75, 3.05) is 13.7 Å². The molecule has 1 rings (SSSR count). The van der Waals surface area contributed by atoms with Gasteiger partial charge in [-0.25, -0.2) is 0 Å². The van der Waals surface area contributed by atoms with Crippen LogP contribution in [0.25, 0.3) is 0 Å². The van der Waals surface area contributed by atoms with E-state index in [0.717, 1.165) is 11.5 Å². The molecule has 0 aliphatic carbocycles. The van der Waals surface area contributed by atoms with Crippen molar-refractivity contribution in [3.05, 3.63) is 24.3 Å². The summed E-state index contributed by atoms with van der Waals surface area (Å²) in [4.78, 5) is 0.470. The lowest BCUT2D eigenvalue weighted by Crippen LogP contribution is -2.23. The van der Waals surface area contributed by atoms with Crippen LogP contribution in [0.4, 0.5) is 0 Å². The molecule has 0 spiro atoms. The van der Waals surface area contributed by atoms with Gasteiger partial charge in [0.25, 0.3) is 0 Å². The summed E-state index contributed by atoms with van der Waals surface area (Å²) in [7, 11) is 1.62. The Bertz CT molecular complexity index is 341. The van der Waals surface area contributed by atoms with Crippen LogP contribution < -0.4 is 15.2 Å². The molecular formula is C11H15NO2S. The molecule has 0 aromatic heterocycles. The van der Waals surface area contributed by atoms with Crippen LogP contribution in [0.2, 0.25) is 0 Å². The number of benzene rings is 1. The number of methoxy groups -OCH3 is 1.